The molecule has 0 bridgehead atoms. The lowest BCUT2D eigenvalue weighted by Gasteiger charge is -2.21. The van der Waals surface area contributed by atoms with Crippen LogP contribution in [-0.4, -0.2) is 34.5 Å². The third kappa shape index (κ3) is 2.29. The fourth-order valence-corrected chi connectivity index (χ4v) is 3.82. The summed E-state index contributed by atoms with van der Waals surface area (Å²) in [5.74, 6) is -0.138. The van der Waals surface area contributed by atoms with E-state index in [4.69, 9.17) is 14.6 Å². The second-order valence-corrected chi connectivity index (χ2v) is 5.69. The Labute approximate surface area is 102 Å². The Bertz CT molecular complexity index is 258. The maximum Gasteiger partial charge on any atom is 0.303 e. The summed E-state index contributed by atoms with van der Waals surface area (Å²) in [6, 6.07) is 0. The molecule has 0 aromatic heterocycles. The average molecular weight is 326 g/mol. The van der Waals surface area contributed by atoms with E-state index in [0.29, 0.717) is 5.92 Å². The zero-order chi connectivity index (χ0) is 11.0. The summed E-state index contributed by atoms with van der Waals surface area (Å²) in [4.78, 5) is 10.7. The van der Waals surface area contributed by atoms with Crippen molar-refractivity contribution in [2.75, 3.05) is 7.11 Å². The molecule has 0 spiro atoms. The van der Waals surface area contributed by atoms with Crippen LogP contribution in [0.2, 0.25) is 0 Å². The molecule has 2 aliphatic rings. The van der Waals surface area contributed by atoms with Crippen LogP contribution in [0.5, 0.6) is 0 Å². The van der Waals surface area contributed by atoms with Crippen molar-refractivity contribution in [3.63, 3.8) is 0 Å². The van der Waals surface area contributed by atoms with Gasteiger partial charge in [-0.1, -0.05) is 22.6 Å². The van der Waals surface area contributed by atoms with Crippen LogP contribution in [0.4, 0.5) is 0 Å². The number of carboxylic acids is 1. The Kier molecular flexibility index (Phi) is 3.52. The minimum atomic E-state index is -0.743. The topological polar surface area (TPSA) is 55.8 Å². The highest BCUT2D eigenvalue weighted by Gasteiger charge is 2.49. The molecule has 5 heteroatoms. The SMILES string of the molecule is COC1C(CC(=O)O)CC2CC(I)OC21. The molecule has 0 amide bonds. The average Bonchev–Trinajstić information content (AvgIpc) is 2.59. The van der Waals surface area contributed by atoms with Crippen LogP contribution in [0.1, 0.15) is 19.3 Å². The Morgan fingerprint density at radius 3 is 2.93 bits per heavy atom. The van der Waals surface area contributed by atoms with Gasteiger partial charge in [0.15, 0.2) is 0 Å². The largest absolute Gasteiger partial charge is 0.481 e. The summed E-state index contributed by atoms with van der Waals surface area (Å²) in [5, 5.41) is 8.80. The van der Waals surface area contributed by atoms with Crippen molar-refractivity contribution in [1.29, 1.82) is 0 Å². The third-order valence-corrected chi connectivity index (χ3v) is 4.16. The summed E-state index contributed by atoms with van der Waals surface area (Å²) < 4.78 is 11.4. The zero-order valence-corrected chi connectivity index (χ0v) is 10.7. The number of carboxylic acid groups (broad SMARTS) is 1. The zero-order valence-electron chi connectivity index (χ0n) is 8.56. The number of hydrogen-bond acceptors (Lipinski definition) is 3. The summed E-state index contributed by atoms with van der Waals surface area (Å²) in [7, 11) is 1.64. The standard InChI is InChI=1S/C10H15IO4/c1-14-9-6(4-8(12)13)2-5-3-7(11)15-10(5)9/h5-7,9-10H,2-4H2,1H3,(H,12,13). The van der Waals surface area contributed by atoms with Gasteiger partial charge in [-0.05, 0) is 24.7 Å². The van der Waals surface area contributed by atoms with Crippen molar-refractivity contribution in [3.8, 4) is 0 Å². The molecule has 1 saturated heterocycles. The molecule has 15 heavy (non-hydrogen) atoms. The van der Waals surface area contributed by atoms with Crippen molar-refractivity contribution in [2.45, 2.75) is 35.6 Å². The predicted octanol–water partition coefficient (Wildman–Crippen LogP) is 1.66. The first kappa shape index (κ1) is 11.6. The molecule has 1 aliphatic carbocycles. The van der Waals surface area contributed by atoms with Crippen LogP contribution >= 0.6 is 22.6 Å². The number of methoxy groups -OCH3 is 1. The minimum absolute atomic E-state index is 0.0362. The first-order valence-corrected chi connectivity index (χ1v) is 6.40. The highest BCUT2D eigenvalue weighted by atomic mass is 127. The summed E-state index contributed by atoms with van der Waals surface area (Å²) in [5.41, 5.74) is 0. The monoisotopic (exact) mass is 326 g/mol. The van der Waals surface area contributed by atoms with Crippen molar-refractivity contribution < 1.29 is 19.4 Å². The highest BCUT2D eigenvalue weighted by molar-refractivity contribution is 14.1. The van der Waals surface area contributed by atoms with Gasteiger partial charge in [-0.2, -0.15) is 0 Å². The van der Waals surface area contributed by atoms with E-state index < -0.39 is 5.97 Å². The van der Waals surface area contributed by atoms with Crippen molar-refractivity contribution in [1.82, 2.24) is 0 Å². The van der Waals surface area contributed by atoms with Crippen LogP contribution in [-0.2, 0) is 14.3 Å². The van der Waals surface area contributed by atoms with E-state index >= 15 is 0 Å². The van der Waals surface area contributed by atoms with E-state index in [2.05, 4.69) is 22.6 Å². The number of hydrogen-bond donors (Lipinski definition) is 1. The van der Waals surface area contributed by atoms with E-state index in [-0.39, 0.29) is 28.7 Å². The number of carbonyl (C=O) groups is 1. The van der Waals surface area contributed by atoms with Gasteiger partial charge in [-0.3, -0.25) is 4.79 Å². The van der Waals surface area contributed by atoms with Crippen molar-refractivity contribution >= 4 is 28.6 Å². The molecule has 0 aromatic rings. The molecule has 2 fully saturated rings. The molecule has 1 aliphatic heterocycles. The number of ether oxygens (including phenoxy) is 2. The Morgan fingerprint density at radius 1 is 1.60 bits per heavy atom. The summed E-state index contributed by atoms with van der Waals surface area (Å²) in [6.45, 7) is 0. The molecule has 5 atom stereocenters. The number of fused-ring (bicyclic) bond motifs is 1. The number of alkyl halides is 1. The van der Waals surface area contributed by atoms with Crippen LogP contribution in [0.15, 0.2) is 0 Å². The van der Waals surface area contributed by atoms with Crippen molar-refractivity contribution in [3.05, 3.63) is 0 Å². The smallest absolute Gasteiger partial charge is 0.303 e. The Hall–Kier alpha value is 0.120. The number of aliphatic carboxylic acids is 1. The van der Waals surface area contributed by atoms with Gasteiger partial charge in [0.25, 0.3) is 0 Å². The van der Waals surface area contributed by atoms with Gasteiger partial charge in [0.2, 0.25) is 0 Å². The van der Waals surface area contributed by atoms with Gasteiger partial charge in [0, 0.05) is 7.11 Å². The van der Waals surface area contributed by atoms with E-state index in [1.54, 1.807) is 7.11 Å². The van der Waals surface area contributed by atoms with Crippen LogP contribution in [0, 0.1) is 11.8 Å². The molecule has 0 radical (unpaired) electrons. The molecule has 4 nitrogen and oxygen atoms in total. The fraction of sp³-hybridized carbons (Fsp3) is 0.900. The Balaban J connectivity index is 2.03. The molecule has 86 valence electrons. The normalized spacial score (nSPS) is 44.3. The fourth-order valence-electron chi connectivity index (χ4n) is 2.83. The summed E-state index contributed by atoms with van der Waals surface area (Å²) >= 11 is 2.28. The molecule has 5 unspecified atom stereocenters. The lowest BCUT2D eigenvalue weighted by Crippen LogP contribution is -2.31. The van der Waals surface area contributed by atoms with Gasteiger partial charge in [0.05, 0.1) is 18.6 Å². The highest BCUT2D eigenvalue weighted by Crippen LogP contribution is 2.46. The van der Waals surface area contributed by atoms with E-state index in [1.807, 2.05) is 0 Å². The van der Waals surface area contributed by atoms with Crippen LogP contribution in [0.25, 0.3) is 0 Å². The number of halogens is 1. The van der Waals surface area contributed by atoms with Gasteiger partial charge >= 0.3 is 5.97 Å². The molecule has 0 aromatic carbocycles. The quantitative estimate of drug-likeness (QED) is 0.633. The second kappa shape index (κ2) is 4.55. The summed E-state index contributed by atoms with van der Waals surface area (Å²) in [6.07, 6.45) is 2.23. The maximum absolute atomic E-state index is 10.7. The van der Waals surface area contributed by atoms with E-state index in [9.17, 15) is 4.79 Å². The molecule has 2 rings (SSSR count). The third-order valence-electron chi connectivity index (χ3n) is 3.36. The second-order valence-electron chi connectivity index (χ2n) is 4.30. The molecular weight excluding hydrogens is 311 g/mol. The van der Waals surface area contributed by atoms with Crippen molar-refractivity contribution in [2.24, 2.45) is 11.8 Å². The van der Waals surface area contributed by atoms with Gasteiger partial charge in [-0.25, -0.2) is 0 Å². The van der Waals surface area contributed by atoms with Crippen LogP contribution < -0.4 is 0 Å². The van der Waals surface area contributed by atoms with E-state index in [1.165, 1.54) is 0 Å². The molecule has 1 N–H and O–H groups in total. The molecule has 1 saturated carbocycles. The van der Waals surface area contributed by atoms with Gasteiger partial charge in [-0.15, -0.1) is 0 Å². The van der Waals surface area contributed by atoms with Crippen LogP contribution in [0.3, 0.4) is 0 Å². The van der Waals surface area contributed by atoms with Gasteiger partial charge in [0.1, 0.15) is 4.11 Å². The Morgan fingerprint density at radius 2 is 2.33 bits per heavy atom. The maximum atomic E-state index is 10.7. The van der Waals surface area contributed by atoms with Gasteiger partial charge < -0.3 is 14.6 Å². The molecular formula is C10H15IO4. The predicted molar refractivity (Wildman–Crippen MR) is 61.9 cm³/mol. The lowest BCUT2D eigenvalue weighted by atomic mass is 9.99. The first-order chi connectivity index (χ1) is 7.11. The first-order valence-electron chi connectivity index (χ1n) is 5.16. The number of rotatable bonds is 3. The van der Waals surface area contributed by atoms with E-state index in [0.717, 1.165) is 12.8 Å². The molecule has 1 heterocycles. The minimum Gasteiger partial charge on any atom is -0.481 e. The lowest BCUT2D eigenvalue weighted by molar-refractivity contribution is -0.139.